The Bertz CT molecular complexity index is 125. The zero-order valence-electron chi connectivity index (χ0n) is 6.98. The van der Waals surface area contributed by atoms with Crippen molar-refractivity contribution in [1.82, 2.24) is 5.32 Å². The minimum Gasteiger partial charge on any atom is -0.313 e. The van der Waals surface area contributed by atoms with Crippen LogP contribution in [0.4, 0.5) is 0 Å². The smallest absolute Gasteiger partial charge is 0.0164 e. The summed E-state index contributed by atoms with van der Waals surface area (Å²) in [5, 5.41) is 3.37. The highest BCUT2D eigenvalue weighted by atomic mass is 14.9. The molecule has 0 saturated carbocycles. The molecule has 0 spiro atoms. The van der Waals surface area contributed by atoms with Gasteiger partial charge in [-0.05, 0) is 25.3 Å². The molecule has 1 aliphatic heterocycles. The van der Waals surface area contributed by atoms with E-state index in [0.717, 1.165) is 12.5 Å². The summed E-state index contributed by atoms with van der Waals surface area (Å²) in [5.74, 6) is 0.811. The molecule has 0 aliphatic carbocycles. The van der Waals surface area contributed by atoms with E-state index in [1.54, 1.807) is 5.57 Å². The Labute approximate surface area is 63.5 Å². The van der Waals surface area contributed by atoms with Crippen LogP contribution in [0.3, 0.4) is 0 Å². The Balaban J connectivity index is 2.31. The van der Waals surface area contributed by atoms with Gasteiger partial charge in [0.25, 0.3) is 0 Å². The van der Waals surface area contributed by atoms with Crippen molar-refractivity contribution in [3.05, 3.63) is 11.6 Å². The van der Waals surface area contributed by atoms with E-state index in [2.05, 4.69) is 25.2 Å². The fourth-order valence-corrected chi connectivity index (χ4v) is 1.38. The molecule has 0 fully saturated rings. The zero-order chi connectivity index (χ0) is 7.40. The minimum absolute atomic E-state index is 0.811. The Morgan fingerprint density at radius 1 is 1.60 bits per heavy atom. The summed E-state index contributed by atoms with van der Waals surface area (Å²) in [6.07, 6.45) is 4.88. The topological polar surface area (TPSA) is 12.0 Å². The highest BCUT2D eigenvalue weighted by Gasteiger charge is 2.03. The maximum absolute atomic E-state index is 3.37. The van der Waals surface area contributed by atoms with Crippen molar-refractivity contribution in [2.24, 2.45) is 5.92 Å². The lowest BCUT2D eigenvalue weighted by Gasteiger charge is -2.15. The molecule has 0 unspecified atom stereocenters. The molecule has 0 aromatic carbocycles. The van der Waals surface area contributed by atoms with Crippen LogP contribution in [-0.2, 0) is 0 Å². The summed E-state index contributed by atoms with van der Waals surface area (Å²) in [7, 11) is 0. The quantitative estimate of drug-likeness (QED) is 0.577. The number of nitrogens with one attached hydrogen (secondary N) is 1. The van der Waals surface area contributed by atoms with Crippen LogP contribution in [0.5, 0.6) is 0 Å². The van der Waals surface area contributed by atoms with Crippen molar-refractivity contribution >= 4 is 0 Å². The van der Waals surface area contributed by atoms with Crippen LogP contribution >= 0.6 is 0 Å². The van der Waals surface area contributed by atoms with E-state index in [9.17, 15) is 0 Å². The van der Waals surface area contributed by atoms with Crippen molar-refractivity contribution in [1.29, 1.82) is 0 Å². The lowest BCUT2D eigenvalue weighted by Crippen LogP contribution is -2.22. The summed E-state index contributed by atoms with van der Waals surface area (Å²) in [5.41, 5.74) is 1.60. The normalized spacial score (nSPS) is 19.3. The van der Waals surface area contributed by atoms with Crippen LogP contribution in [0.2, 0.25) is 0 Å². The van der Waals surface area contributed by atoms with Gasteiger partial charge in [0.05, 0.1) is 0 Å². The van der Waals surface area contributed by atoms with Gasteiger partial charge >= 0.3 is 0 Å². The molecule has 1 N–H and O–H groups in total. The van der Waals surface area contributed by atoms with Crippen molar-refractivity contribution in [3.8, 4) is 0 Å². The first-order valence-corrected chi connectivity index (χ1v) is 4.17. The maximum atomic E-state index is 3.37. The molecule has 10 heavy (non-hydrogen) atoms. The van der Waals surface area contributed by atoms with Gasteiger partial charge in [0.2, 0.25) is 0 Å². The first kappa shape index (κ1) is 7.80. The molecule has 1 rings (SSSR count). The second-order valence-electron chi connectivity index (χ2n) is 3.43. The van der Waals surface area contributed by atoms with Gasteiger partial charge in [-0.3, -0.25) is 0 Å². The van der Waals surface area contributed by atoms with E-state index in [0.29, 0.717) is 0 Å². The predicted molar refractivity (Wildman–Crippen MR) is 45.0 cm³/mol. The fourth-order valence-electron chi connectivity index (χ4n) is 1.38. The first-order valence-electron chi connectivity index (χ1n) is 4.17. The Morgan fingerprint density at radius 3 is 2.90 bits per heavy atom. The highest BCUT2D eigenvalue weighted by molar-refractivity contribution is 5.07. The third-order valence-electron chi connectivity index (χ3n) is 1.78. The van der Waals surface area contributed by atoms with E-state index >= 15 is 0 Å². The molecular weight excluding hydrogens is 122 g/mol. The summed E-state index contributed by atoms with van der Waals surface area (Å²) in [6, 6.07) is 0. The van der Waals surface area contributed by atoms with Crippen LogP contribution in [0.15, 0.2) is 11.6 Å². The SMILES string of the molecule is CC(C)CC1=CCCNC1. The van der Waals surface area contributed by atoms with Crippen molar-refractivity contribution < 1.29 is 0 Å². The lowest BCUT2D eigenvalue weighted by molar-refractivity contribution is 0.594. The first-order chi connectivity index (χ1) is 4.79. The lowest BCUT2D eigenvalue weighted by atomic mass is 10.0. The number of rotatable bonds is 2. The monoisotopic (exact) mass is 139 g/mol. The second-order valence-corrected chi connectivity index (χ2v) is 3.43. The van der Waals surface area contributed by atoms with Crippen LogP contribution in [0.1, 0.15) is 26.7 Å². The molecule has 58 valence electrons. The van der Waals surface area contributed by atoms with Crippen molar-refractivity contribution in [2.45, 2.75) is 26.7 Å². The molecule has 1 aliphatic rings. The average molecular weight is 139 g/mol. The molecule has 0 amide bonds. The van der Waals surface area contributed by atoms with Gasteiger partial charge in [-0.1, -0.05) is 25.5 Å². The number of hydrogen-bond donors (Lipinski definition) is 1. The maximum Gasteiger partial charge on any atom is 0.0164 e. The summed E-state index contributed by atoms with van der Waals surface area (Å²) in [4.78, 5) is 0. The van der Waals surface area contributed by atoms with Gasteiger partial charge in [-0.25, -0.2) is 0 Å². The van der Waals surface area contributed by atoms with Crippen LogP contribution < -0.4 is 5.32 Å². The zero-order valence-corrected chi connectivity index (χ0v) is 6.98. The molecule has 0 atom stereocenters. The molecule has 0 saturated heterocycles. The van der Waals surface area contributed by atoms with E-state index in [1.807, 2.05) is 0 Å². The van der Waals surface area contributed by atoms with Gasteiger partial charge in [-0.15, -0.1) is 0 Å². The Hall–Kier alpha value is -0.300. The molecular formula is C9H17N. The van der Waals surface area contributed by atoms with Gasteiger partial charge in [0.15, 0.2) is 0 Å². The number of hydrogen-bond acceptors (Lipinski definition) is 1. The third-order valence-corrected chi connectivity index (χ3v) is 1.78. The van der Waals surface area contributed by atoms with E-state index < -0.39 is 0 Å². The Morgan fingerprint density at radius 2 is 2.40 bits per heavy atom. The van der Waals surface area contributed by atoms with E-state index in [4.69, 9.17) is 0 Å². The summed E-state index contributed by atoms with van der Waals surface area (Å²) >= 11 is 0. The van der Waals surface area contributed by atoms with E-state index in [1.165, 1.54) is 19.4 Å². The standard InChI is InChI=1S/C9H17N/c1-8(2)6-9-4-3-5-10-7-9/h4,8,10H,3,5-7H2,1-2H3. The molecule has 1 heterocycles. The predicted octanol–water partition coefficient (Wildman–Crippen LogP) is 1.95. The molecule has 0 bridgehead atoms. The molecule has 0 aromatic rings. The molecule has 0 radical (unpaired) electrons. The van der Waals surface area contributed by atoms with Gasteiger partial charge < -0.3 is 5.32 Å². The molecule has 1 heteroatoms. The van der Waals surface area contributed by atoms with Gasteiger partial charge in [-0.2, -0.15) is 0 Å². The van der Waals surface area contributed by atoms with Crippen LogP contribution in [0.25, 0.3) is 0 Å². The largest absolute Gasteiger partial charge is 0.313 e. The van der Waals surface area contributed by atoms with Crippen LogP contribution in [-0.4, -0.2) is 13.1 Å². The minimum atomic E-state index is 0.811. The highest BCUT2D eigenvalue weighted by Crippen LogP contribution is 2.12. The van der Waals surface area contributed by atoms with E-state index in [-0.39, 0.29) is 0 Å². The van der Waals surface area contributed by atoms with Crippen molar-refractivity contribution in [3.63, 3.8) is 0 Å². The fraction of sp³-hybridized carbons (Fsp3) is 0.778. The Kier molecular flexibility index (Phi) is 2.94. The second kappa shape index (κ2) is 3.77. The molecule has 1 nitrogen and oxygen atoms in total. The summed E-state index contributed by atoms with van der Waals surface area (Å²) < 4.78 is 0. The third kappa shape index (κ3) is 2.53. The summed E-state index contributed by atoms with van der Waals surface area (Å²) in [6.45, 7) is 6.84. The van der Waals surface area contributed by atoms with Crippen LogP contribution in [0, 0.1) is 5.92 Å². The average Bonchev–Trinajstić information content (AvgIpc) is 1.88. The van der Waals surface area contributed by atoms with Crippen molar-refractivity contribution in [2.75, 3.05) is 13.1 Å². The van der Waals surface area contributed by atoms with Gasteiger partial charge in [0, 0.05) is 6.54 Å². The van der Waals surface area contributed by atoms with Gasteiger partial charge in [0.1, 0.15) is 0 Å². The molecule has 0 aromatic heterocycles.